The van der Waals surface area contributed by atoms with Crippen LogP contribution < -0.4 is 15.4 Å². The molecule has 0 saturated heterocycles. The number of amides is 1. The van der Waals surface area contributed by atoms with Gasteiger partial charge in [0.2, 0.25) is 15.9 Å². The van der Waals surface area contributed by atoms with Crippen LogP contribution in [0.1, 0.15) is 12.0 Å². The van der Waals surface area contributed by atoms with Crippen LogP contribution in [-0.4, -0.2) is 33.7 Å². The van der Waals surface area contributed by atoms with Crippen molar-refractivity contribution in [3.05, 3.63) is 23.8 Å². The quantitative estimate of drug-likeness (QED) is 0.831. The highest BCUT2D eigenvalue weighted by atomic mass is 32.2. The van der Waals surface area contributed by atoms with E-state index in [4.69, 9.17) is 5.73 Å². The van der Waals surface area contributed by atoms with Gasteiger partial charge in [-0.3, -0.25) is 9.10 Å². The third-order valence-electron chi connectivity index (χ3n) is 2.99. The van der Waals surface area contributed by atoms with Gasteiger partial charge in [-0.2, -0.15) is 0 Å². The molecule has 1 aromatic rings. The van der Waals surface area contributed by atoms with E-state index in [-0.39, 0.29) is 18.9 Å². The van der Waals surface area contributed by atoms with E-state index in [9.17, 15) is 13.2 Å². The second-order valence-corrected chi connectivity index (χ2v) is 6.42. The lowest BCUT2D eigenvalue weighted by atomic mass is 10.1. The van der Waals surface area contributed by atoms with E-state index >= 15 is 0 Å². The molecule has 2 rings (SSSR count). The smallest absolute Gasteiger partial charge is 0.232 e. The number of carbonyl (C=O) groups excluding carboxylic acids is 1. The Hall–Kier alpha value is -1.60. The highest BCUT2D eigenvalue weighted by Gasteiger charge is 2.26. The lowest BCUT2D eigenvalue weighted by molar-refractivity contribution is -0.116. The van der Waals surface area contributed by atoms with E-state index in [2.05, 4.69) is 5.32 Å². The first kappa shape index (κ1) is 13.8. The molecule has 1 aromatic carbocycles. The first-order valence-corrected chi connectivity index (χ1v) is 7.87. The van der Waals surface area contributed by atoms with Crippen molar-refractivity contribution in [2.24, 2.45) is 5.73 Å². The molecule has 1 heterocycles. The van der Waals surface area contributed by atoms with E-state index in [0.717, 1.165) is 5.56 Å². The summed E-state index contributed by atoms with van der Waals surface area (Å²) in [7, 11) is -3.27. The Morgan fingerprint density at radius 2 is 2.21 bits per heavy atom. The van der Waals surface area contributed by atoms with Gasteiger partial charge in [-0.05, 0) is 24.1 Å². The molecule has 1 aliphatic rings. The van der Waals surface area contributed by atoms with Crippen molar-refractivity contribution < 1.29 is 13.2 Å². The minimum atomic E-state index is -3.27. The number of carbonyl (C=O) groups is 1. The van der Waals surface area contributed by atoms with Gasteiger partial charge in [-0.25, -0.2) is 8.42 Å². The number of nitrogens with one attached hydrogen (secondary N) is 1. The Morgan fingerprint density at radius 1 is 1.47 bits per heavy atom. The molecular formula is C12H17N3O3S. The number of nitrogens with two attached hydrogens (primary N) is 1. The van der Waals surface area contributed by atoms with E-state index < -0.39 is 10.0 Å². The average molecular weight is 283 g/mol. The standard InChI is InChI=1S/C12H17N3O3S/c1-19(17,18)15-7-5-9-2-3-10(8-11(9)15)14-12(16)4-6-13/h2-3,8H,4-7,13H2,1H3,(H,14,16). The first-order valence-electron chi connectivity index (χ1n) is 6.02. The molecule has 3 N–H and O–H groups in total. The Bertz CT molecular complexity index is 598. The molecule has 0 aliphatic carbocycles. The summed E-state index contributed by atoms with van der Waals surface area (Å²) in [5.74, 6) is -0.175. The monoisotopic (exact) mass is 283 g/mol. The summed E-state index contributed by atoms with van der Waals surface area (Å²) >= 11 is 0. The van der Waals surface area contributed by atoms with Gasteiger partial charge in [0.25, 0.3) is 0 Å². The van der Waals surface area contributed by atoms with Gasteiger partial charge in [-0.15, -0.1) is 0 Å². The Morgan fingerprint density at radius 3 is 2.84 bits per heavy atom. The van der Waals surface area contributed by atoms with E-state index in [1.165, 1.54) is 10.6 Å². The molecule has 104 valence electrons. The second kappa shape index (κ2) is 5.18. The minimum Gasteiger partial charge on any atom is -0.330 e. The zero-order valence-electron chi connectivity index (χ0n) is 10.7. The van der Waals surface area contributed by atoms with E-state index in [1.807, 2.05) is 6.07 Å². The predicted molar refractivity (Wildman–Crippen MR) is 74.6 cm³/mol. The third kappa shape index (κ3) is 3.05. The summed E-state index contributed by atoms with van der Waals surface area (Å²) in [5, 5.41) is 2.70. The van der Waals surface area contributed by atoms with Crippen LogP contribution in [0.5, 0.6) is 0 Å². The van der Waals surface area contributed by atoms with Gasteiger partial charge in [0, 0.05) is 25.2 Å². The molecule has 0 aromatic heterocycles. The minimum absolute atomic E-state index is 0.175. The van der Waals surface area contributed by atoms with Crippen molar-refractivity contribution in [2.75, 3.05) is 29.0 Å². The molecule has 0 unspecified atom stereocenters. The van der Waals surface area contributed by atoms with Crippen LogP contribution in [0.4, 0.5) is 11.4 Å². The van der Waals surface area contributed by atoms with Crippen LogP contribution >= 0.6 is 0 Å². The van der Waals surface area contributed by atoms with E-state index in [0.29, 0.717) is 24.3 Å². The molecular weight excluding hydrogens is 266 g/mol. The van der Waals surface area contributed by atoms with Crippen molar-refractivity contribution in [2.45, 2.75) is 12.8 Å². The average Bonchev–Trinajstić information content (AvgIpc) is 2.71. The number of sulfonamides is 1. The zero-order chi connectivity index (χ0) is 14.0. The topological polar surface area (TPSA) is 92.5 Å². The van der Waals surface area contributed by atoms with Crippen LogP contribution in [0.3, 0.4) is 0 Å². The fourth-order valence-electron chi connectivity index (χ4n) is 2.13. The Balaban J connectivity index is 2.26. The Kier molecular flexibility index (Phi) is 3.77. The number of benzene rings is 1. The van der Waals surface area contributed by atoms with Gasteiger partial charge in [0.1, 0.15) is 0 Å². The van der Waals surface area contributed by atoms with Crippen molar-refractivity contribution in [1.29, 1.82) is 0 Å². The maximum Gasteiger partial charge on any atom is 0.232 e. The molecule has 1 amide bonds. The summed E-state index contributed by atoms with van der Waals surface area (Å²) in [6.07, 6.45) is 2.12. The first-order chi connectivity index (χ1) is 8.91. The molecule has 0 bridgehead atoms. The molecule has 0 radical (unpaired) electrons. The summed E-state index contributed by atoms with van der Waals surface area (Å²) in [6.45, 7) is 0.737. The van der Waals surface area contributed by atoms with Crippen molar-refractivity contribution >= 4 is 27.3 Å². The van der Waals surface area contributed by atoms with Crippen molar-refractivity contribution in [3.8, 4) is 0 Å². The number of nitrogens with zero attached hydrogens (tertiary/aromatic N) is 1. The number of fused-ring (bicyclic) bond motifs is 1. The Labute approximate surface area is 112 Å². The van der Waals surface area contributed by atoms with Crippen LogP contribution in [-0.2, 0) is 21.2 Å². The molecule has 6 nitrogen and oxygen atoms in total. The van der Waals surface area contributed by atoms with Gasteiger partial charge in [0.15, 0.2) is 0 Å². The van der Waals surface area contributed by atoms with Crippen LogP contribution in [0.2, 0.25) is 0 Å². The van der Waals surface area contributed by atoms with Gasteiger partial charge in [-0.1, -0.05) is 6.07 Å². The van der Waals surface area contributed by atoms with Crippen molar-refractivity contribution in [3.63, 3.8) is 0 Å². The van der Waals surface area contributed by atoms with Crippen LogP contribution in [0, 0.1) is 0 Å². The molecule has 1 aliphatic heterocycles. The van der Waals surface area contributed by atoms with Gasteiger partial charge in [0.05, 0.1) is 11.9 Å². The van der Waals surface area contributed by atoms with Gasteiger partial charge >= 0.3 is 0 Å². The van der Waals surface area contributed by atoms with Gasteiger partial charge < -0.3 is 11.1 Å². The maximum atomic E-state index is 11.7. The fraction of sp³-hybridized carbons (Fsp3) is 0.417. The highest BCUT2D eigenvalue weighted by molar-refractivity contribution is 7.92. The number of hydrogen-bond donors (Lipinski definition) is 2. The number of rotatable bonds is 4. The lowest BCUT2D eigenvalue weighted by Gasteiger charge is -2.17. The summed E-state index contributed by atoms with van der Waals surface area (Å²) in [4.78, 5) is 11.5. The lowest BCUT2D eigenvalue weighted by Crippen LogP contribution is -2.27. The molecule has 0 atom stereocenters. The summed E-state index contributed by atoms with van der Waals surface area (Å²) in [5.41, 5.74) is 7.52. The summed E-state index contributed by atoms with van der Waals surface area (Å²) < 4.78 is 24.7. The maximum absolute atomic E-state index is 11.7. The summed E-state index contributed by atoms with van der Waals surface area (Å²) in [6, 6.07) is 5.31. The number of hydrogen-bond acceptors (Lipinski definition) is 4. The fourth-order valence-corrected chi connectivity index (χ4v) is 3.08. The zero-order valence-corrected chi connectivity index (χ0v) is 11.5. The normalized spacial score (nSPS) is 14.3. The molecule has 19 heavy (non-hydrogen) atoms. The molecule has 0 spiro atoms. The highest BCUT2D eigenvalue weighted by Crippen LogP contribution is 2.32. The van der Waals surface area contributed by atoms with E-state index in [1.54, 1.807) is 12.1 Å². The third-order valence-corrected chi connectivity index (χ3v) is 4.17. The predicted octanol–water partition coefficient (Wildman–Crippen LogP) is 0.296. The van der Waals surface area contributed by atoms with Crippen LogP contribution in [0.25, 0.3) is 0 Å². The molecule has 0 saturated carbocycles. The number of anilines is 2. The van der Waals surface area contributed by atoms with Crippen LogP contribution in [0.15, 0.2) is 18.2 Å². The molecule has 0 fully saturated rings. The molecule has 7 heteroatoms. The van der Waals surface area contributed by atoms with Crippen molar-refractivity contribution in [1.82, 2.24) is 0 Å². The largest absolute Gasteiger partial charge is 0.330 e. The second-order valence-electron chi connectivity index (χ2n) is 4.52. The SMILES string of the molecule is CS(=O)(=O)N1CCc2ccc(NC(=O)CCN)cc21.